The first-order chi connectivity index (χ1) is 9.60. The zero-order chi connectivity index (χ0) is 14.5. The van der Waals surface area contributed by atoms with Crippen LogP contribution in [0.3, 0.4) is 0 Å². The Hall–Kier alpha value is -1.10. The van der Waals surface area contributed by atoms with E-state index in [-0.39, 0.29) is 0 Å². The van der Waals surface area contributed by atoms with Crippen molar-refractivity contribution in [1.29, 1.82) is 0 Å². The molecule has 0 amide bonds. The van der Waals surface area contributed by atoms with E-state index in [4.69, 9.17) is 9.47 Å². The van der Waals surface area contributed by atoms with Gasteiger partial charge in [-0.05, 0) is 17.5 Å². The summed E-state index contributed by atoms with van der Waals surface area (Å²) in [5.41, 5.74) is 2.49. The van der Waals surface area contributed by atoms with Crippen molar-refractivity contribution >= 4 is 0 Å². The lowest BCUT2D eigenvalue weighted by Gasteiger charge is -2.23. The summed E-state index contributed by atoms with van der Waals surface area (Å²) in [6, 6.07) is 6.37. The minimum atomic E-state index is -0.406. The molecule has 1 unspecified atom stereocenters. The van der Waals surface area contributed by atoms with Crippen LogP contribution in [0.4, 0.5) is 0 Å². The Balaban J connectivity index is 2.15. The van der Waals surface area contributed by atoms with Crippen molar-refractivity contribution in [2.45, 2.75) is 32.4 Å². The lowest BCUT2D eigenvalue weighted by molar-refractivity contribution is 0.0562. The largest absolute Gasteiger partial charge is 0.496 e. The second-order valence-electron chi connectivity index (χ2n) is 5.69. The molecule has 1 aromatic rings. The zero-order valence-electron chi connectivity index (χ0n) is 12.6. The number of aliphatic hydroxyl groups is 1. The van der Waals surface area contributed by atoms with E-state index >= 15 is 0 Å². The van der Waals surface area contributed by atoms with Crippen molar-refractivity contribution in [1.82, 2.24) is 4.90 Å². The monoisotopic (exact) mass is 279 g/mol. The smallest absolute Gasteiger partial charge is 0.123 e. The van der Waals surface area contributed by atoms with E-state index < -0.39 is 6.10 Å². The van der Waals surface area contributed by atoms with Gasteiger partial charge in [0, 0.05) is 25.2 Å². The number of nitrogens with zero attached hydrogens (tertiary/aromatic N) is 1. The summed E-state index contributed by atoms with van der Waals surface area (Å²) >= 11 is 0. The van der Waals surface area contributed by atoms with Crippen molar-refractivity contribution in [2.75, 3.05) is 33.4 Å². The number of ether oxygens (including phenoxy) is 2. The van der Waals surface area contributed by atoms with Crippen LogP contribution in [0.15, 0.2) is 18.2 Å². The van der Waals surface area contributed by atoms with Crippen molar-refractivity contribution in [3.05, 3.63) is 29.3 Å². The standard InChI is InChI=1S/C16H25NO3/c1-12(2)13-4-5-16(19-3)14(8-13)9-17-6-7-20-11-15(18)10-17/h4-5,8,12,15,18H,6-7,9-11H2,1-3H3. The normalized spacial score (nSPS) is 20.9. The fraction of sp³-hybridized carbons (Fsp3) is 0.625. The fourth-order valence-electron chi connectivity index (χ4n) is 2.52. The molecule has 1 atom stereocenters. The van der Waals surface area contributed by atoms with Crippen molar-refractivity contribution in [3.8, 4) is 5.75 Å². The van der Waals surface area contributed by atoms with E-state index in [2.05, 4.69) is 30.9 Å². The molecule has 0 aromatic heterocycles. The maximum Gasteiger partial charge on any atom is 0.123 e. The predicted molar refractivity (Wildman–Crippen MR) is 79.2 cm³/mol. The highest BCUT2D eigenvalue weighted by molar-refractivity contribution is 5.38. The molecule has 1 aromatic carbocycles. The average molecular weight is 279 g/mol. The third-order valence-corrected chi connectivity index (χ3v) is 3.70. The number of β-amino-alcohol motifs (C(OH)–C–C–N with tert-alkyl or cyclic N) is 1. The SMILES string of the molecule is COc1ccc(C(C)C)cc1CN1CCOCC(O)C1. The van der Waals surface area contributed by atoms with Gasteiger partial charge in [-0.3, -0.25) is 4.90 Å². The fourth-order valence-corrected chi connectivity index (χ4v) is 2.52. The molecule has 2 rings (SSSR count). The Morgan fingerprint density at radius 3 is 2.95 bits per heavy atom. The second kappa shape index (κ2) is 7.07. The van der Waals surface area contributed by atoms with Crippen LogP contribution >= 0.6 is 0 Å². The van der Waals surface area contributed by atoms with Crippen molar-refractivity contribution < 1.29 is 14.6 Å². The topological polar surface area (TPSA) is 41.9 Å². The molecule has 4 heteroatoms. The molecule has 1 aliphatic heterocycles. The molecule has 0 radical (unpaired) electrons. The molecule has 0 saturated carbocycles. The predicted octanol–water partition coefficient (Wildman–Crippen LogP) is 2.01. The first-order valence-corrected chi connectivity index (χ1v) is 7.25. The summed E-state index contributed by atoms with van der Waals surface area (Å²) in [4.78, 5) is 2.22. The lowest BCUT2D eigenvalue weighted by Crippen LogP contribution is -2.32. The first-order valence-electron chi connectivity index (χ1n) is 7.25. The maximum absolute atomic E-state index is 9.81. The highest BCUT2D eigenvalue weighted by Gasteiger charge is 2.18. The van der Waals surface area contributed by atoms with Gasteiger partial charge in [-0.2, -0.15) is 0 Å². The molecule has 112 valence electrons. The van der Waals surface area contributed by atoms with Crippen molar-refractivity contribution in [2.24, 2.45) is 0 Å². The molecule has 4 nitrogen and oxygen atoms in total. The van der Waals surface area contributed by atoms with Crippen molar-refractivity contribution in [3.63, 3.8) is 0 Å². The Kier molecular flexibility index (Phi) is 5.40. The summed E-state index contributed by atoms with van der Waals surface area (Å²) < 4.78 is 10.8. The molecule has 1 saturated heterocycles. The first kappa shape index (κ1) is 15.3. The molecule has 1 N–H and O–H groups in total. The maximum atomic E-state index is 9.81. The van der Waals surface area contributed by atoms with Gasteiger partial charge in [-0.15, -0.1) is 0 Å². The van der Waals surface area contributed by atoms with E-state index in [1.807, 2.05) is 6.07 Å². The summed E-state index contributed by atoms with van der Waals surface area (Å²) in [6.45, 7) is 7.75. The van der Waals surface area contributed by atoms with Crippen LogP contribution in [-0.2, 0) is 11.3 Å². The Morgan fingerprint density at radius 2 is 2.25 bits per heavy atom. The molecule has 1 heterocycles. The minimum absolute atomic E-state index is 0.406. The van der Waals surface area contributed by atoms with E-state index in [0.29, 0.717) is 25.7 Å². The average Bonchev–Trinajstić information content (AvgIpc) is 2.63. The van der Waals surface area contributed by atoms with Crippen LogP contribution in [0.1, 0.15) is 30.9 Å². The highest BCUT2D eigenvalue weighted by atomic mass is 16.5. The third kappa shape index (κ3) is 3.95. The van der Waals surface area contributed by atoms with Crippen LogP contribution < -0.4 is 4.74 Å². The van der Waals surface area contributed by atoms with Crippen LogP contribution in [0.2, 0.25) is 0 Å². The molecular formula is C16H25NO3. The molecule has 1 aliphatic rings. The summed E-state index contributed by atoms with van der Waals surface area (Å²) in [6.07, 6.45) is -0.406. The van der Waals surface area contributed by atoms with Gasteiger partial charge in [0.1, 0.15) is 5.75 Å². The Morgan fingerprint density at radius 1 is 1.45 bits per heavy atom. The number of rotatable bonds is 4. The van der Waals surface area contributed by atoms with Gasteiger partial charge in [0.2, 0.25) is 0 Å². The molecular weight excluding hydrogens is 254 g/mol. The van der Waals surface area contributed by atoms with Crippen LogP contribution in [0.25, 0.3) is 0 Å². The molecule has 0 aliphatic carbocycles. The summed E-state index contributed by atoms with van der Waals surface area (Å²) in [5, 5.41) is 9.81. The summed E-state index contributed by atoms with van der Waals surface area (Å²) in [5.74, 6) is 1.41. The van der Waals surface area contributed by atoms with Gasteiger partial charge in [-0.25, -0.2) is 0 Å². The van der Waals surface area contributed by atoms with Gasteiger partial charge in [0.25, 0.3) is 0 Å². The van der Waals surface area contributed by atoms with E-state index in [1.54, 1.807) is 7.11 Å². The van der Waals surface area contributed by atoms with E-state index in [0.717, 1.165) is 18.8 Å². The van der Waals surface area contributed by atoms with Gasteiger partial charge in [-0.1, -0.05) is 26.0 Å². The Bertz CT molecular complexity index is 434. The van der Waals surface area contributed by atoms with E-state index in [9.17, 15) is 5.11 Å². The van der Waals surface area contributed by atoms with Gasteiger partial charge in [0.15, 0.2) is 0 Å². The summed E-state index contributed by atoms with van der Waals surface area (Å²) in [7, 11) is 1.70. The number of hydrogen-bond acceptors (Lipinski definition) is 4. The number of benzene rings is 1. The molecule has 20 heavy (non-hydrogen) atoms. The van der Waals surface area contributed by atoms with E-state index in [1.165, 1.54) is 11.1 Å². The number of aliphatic hydroxyl groups excluding tert-OH is 1. The van der Waals surface area contributed by atoms with Gasteiger partial charge >= 0.3 is 0 Å². The minimum Gasteiger partial charge on any atom is -0.496 e. The molecule has 1 fully saturated rings. The van der Waals surface area contributed by atoms with Crippen LogP contribution in [0.5, 0.6) is 5.75 Å². The van der Waals surface area contributed by atoms with Gasteiger partial charge in [0.05, 0.1) is 26.4 Å². The molecule has 0 bridgehead atoms. The van der Waals surface area contributed by atoms with Crippen LogP contribution in [-0.4, -0.2) is 49.5 Å². The number of methoxy groups -OCH3 is 1. The van der Waals surface area contributed by atoms with Gasteiger partial charge < -0.3 is 14.6 Å². The second-order valence-corrected chi connectivity index (χ2v) is 5.69. The van der Waals surface area contributed by atoms with Crippen LogP contribution in [0, 0.1) is 0 Å². The molecule has 0 spiro atoms. The zero-order valence-corrected chi connectivity index (χ0v) is 12.6. The third-order valence-electron chi connectivity index (χ3n) is 3.70. The Labute approximate surface area is 121 Å². The number of hydrogen-bond donors (Lipinski definition) is 1. The lowest BCUT2D eigenvalue weighted by atomic mass is 10.00. The highest BCUT2D eigenvalue weighted by Crippen LogP contribution is 2.25. The quantitative estimate of drug-likeness (QED) is 0.915.